The Balaban J connectivity index is 1.10. The van der Waals surface area contributed by atoms with Crippen LogP contribution in [0.15, 0.2) is 194 Å². The molecule has 0 bridgehead atoms. The van der Waals surface area contributed by atoms with Crippen LogP contribution in [0, 0.1) is 0 Å². The standard InChI is InChI=1S/C48H34N2/c1-3-12-33(13-4-1)35-22-26-39(27-23-35)49-45-20-9-7-18-41(45)43-28-24-37(31-47(43)49)38-25-29-44-42-19-8-10-21-46(42)50(48(44)32-38)40-17-11-16-36(30-40)34-14-5-2-6-15-34/h1-32,42,46H. The first-order valence-corrected chi connectivity index (χ1v) is 17.4. The van der Waals surface area contributed by atoms with E-state index in [4.69, 9.17) is 0 Å². The molecule has 7 aromatic carbocycles. The summed E-state index contributed by atoms with van der Waals surface area (Å²) in [7, 11) is 0. The zero-order chi connectivity index (χ0) is 33.0. The average molecular weight is 639 g/mol. The maximum absolute atomic E-state index is 2.54. The minimum atomic E-state index is 0.236. The molecule has 2 nitrogen and oxygen atoms in total. The SMILES string of the molecule is C1=CC2c3ccc(-c4ccc5c6ccccc6n(-c6ccc(-c7ccccc7)cc6)c5c4)cc3N(c3cccc(-c4ccccc4)c3)C2C=C1. The Kier molecular flexibility index (Phi) is 6.67. The normalized spacial score (nSPS) is 16.2. The van der Waals surface area contributed by atoms with E-state index in [0.29, 0.717) is 5.92 Å². The molecule has 2 unspecified atom stereocenters. The average Bonchev–Trinajstić information content (AvgIpc) is 3.71. The summed E-state index contributed by atoms with van der Waals surface area (Å²) in [5.41, 5.74) is 14.8. The van der Waals surface area contributed by atoms with E-state index < -0.39 is 0 Å². The molecule has 0 fully saturated rings. The summed E-state index contributed by atoms with van der Waals surface area (Å²) in [5.74, 6) is 0.313. The second-order valence-corrected chi connectivity index (χ2v) is 13.3. The molecule has 0 spiro atoms. The van der Waals surface area contributed by atoms with E-state index in [1.807, 2.05) is 0 Å². The summed E-state index contributed by atoms with van der Waals surface area (Å²) >= 11 is 0. The van der Waals surface area contributed by atoms with Crippen molar-refractivity contribution in [1.29, 1.82) is 0 Å². The topological polar surface area (TPSA) is 8.17 Å². The molecule has 2 atom stereocenters. The summed E-state index contributed by atoms with van der Waals surface area (Å²) in [4.78, 5) is 2.54. The zero-order valence-corrected chi connectivity index (χ0v) is 27.5. The summed E-state index contributed by atoms with van der Waals surface area (Å²) in [6.45, 7) is 0. The van der Waals surface area contributed by atoms with Gasteiger partial charge in [0.1, 0.15) is 0 Å². The van der Waals surface area contributed by atoms with Gasteiger partial charge in [0.2, 0.25) is 0 Å². The summed E-state index contributed by atoms with van der Waals surface area (Å²) < 4.78 is 2.42. The highest BCUT2D eigenvalue weighted by atomic mass is 15.2. The lowest BCUT2D eigenvalue weighted by molar-refractivity contribution is 0.745. The van der Waals surface area contributed by atoms with Crippen LogP contribution in [0.1, 0.15) is 11.5 Å². The number of para-hydroxylation sites is 1. The molecule has 0 radical (unpaired) electrons. The molecule has 0 saturated carbocycles. The fourth-order valence-corrected chi connectivity index (χ4v) is 8.14. The highest BCUT2D eigenvalue weighted by Gasteiger charge is 2.37. The molecular weight excluding hydrogens is 605 g/mol. The first-order chi connectivity index (χ1) is 24.8. The van der Waals surface area contributed by atoms with Crippen molar-refractivity contribution in [3.05, 3.63) is 200 Å². The molecule has 0 saturated heterocycles. The van der Waals surface area contributed by atoms with Crippen LogP contribution in [0.2, 0.25) is 0 Å². The largest absolute Gasteiger partial charge is 0.333 e. The van der Waals surface area contributed by atoms with Crippen molar-refractivity contribution in [3.63, 3.8) is 0 Å². The first-order valence-electron chi connectivity index (χ1n) is 17.4. The Morgan fingerprint density at radius 3 is 1.80 bits per heavy atom. The Labute approximate surface area is 292 Å². The predicted octanol–water partition coefficient (Wildman–Crippen LogP) is 12.5. The molecule has 1 aromatic heterocycles. The van der Waals surface area contributed by atoms with Gasteiger partial charge in [0.05, 0.1) is 17.1 Å². The molecule has 0 N–H and O–H groups in total. The Hall–Kier alpha value is -6.38. The van der Waals surface area contributed by atoms with Crippen molar-refractivity contribution in [1.82, 2.24) is 4.57 Å². The van der Waals surface area contributed by atoms with E-state index in [2.05, 4.69) is 204 Å². The maximum Gasteiger partial charge on any atom is 0.0629 e. The van der Waals surface area contributed by atoms with E-state index in [1.165, 1.54) is 72.1 Å². The van der Waals surface area contributed by atoms with Crippen LogP contribution < -0.4 is 4.90 Å². The Bertz CT molecular complexity index is 2590. The highest BCUT2D eigenvalue weighted by molar-refractivity contribution is 6.10. The van der Waals surface area contributed by atoms with Crippen molar-refractivity contribution >= 4 is 33.2 Å². The lowest BCUT2D eigenvalue weighted by Crippen LogP contribution is -2.28. The molecule has 8 aromatic rings. The van der Waals surface area contributed by atoms with Crippen molar-refractivity contribution in [2.75, 3.05) is 4.90 Å². The van der Waals surface area contributed by atoms with Gasteiger partial charge in [0, 0.05) is 33.8 Å². The number of nitrogens with zero attached hydrogens (tertiary/aromatic N) is 2. The monoisotopic (exact) mass is 638 g/mol. The van der Waals surface area contributed by atoms with Crippen LogP contribution in [0.5, 0.6) is 0 Å². The van der Waals surface area contributed by atoms with Crippen LogP contribution in [-0.2, 0) is 0 Å². The van der Waals surface area contributed by atoms with Gasteiger partial charge in [-0.05, 0) is 81.4 Å². The van der Waals surface area contributed by atoms with Gasteiger partial charge in [-0.25, -0.2) is 0 Å². The summed E-state index contributed by atoms with van der Waals surface area (Å²) in [6, 6.07) is 62.3. The highest BCUT2D eigenvalue weighted by Crippen LogP contribution is 2.49. The van der Waals surface area contributed by atoms with Gasteiger partial charge < -0.3 is 9.47 Å². The second kappa shape index (κ2) is 11.6. The Morgan fingerprint density at radius 1 is 0.380 bits per heavy atom. The first kappa shape index (κ1) is 28.6. The molecule has 2 aliphatic rings. The molecule has 2 heterocycles. The van der Waals surface area contributed by atoms with Crippen molar-refractivity contribution in [3.8, 4) is 39.1 Å². The van der Waals surface area contributed by atoms with Gasteiger partial charge in [0.15, 0.2) is 0 Å². The molecule has 236 valence electrons. The molecule has 50 heavy (non-hydrogen) atoms. The number of fused-ring (bicyclic) bond motifs is 6. The van der Waals surface area contributed by atoms with Crippen LogP contribution in [-0.4, -0.2) is 10.6 Å². The third-order valence-corrected chi connectivity index (χ3v) is 10.5. The van der Waals surface area contributed by atoms with Gasteiger partial charge >= 0.3 is 0 Å². The van der Waals surface area contributed by atoms with E-state index in [9.17, 15) is 0 Å². The number of benzene rings is 7. The second-order valence-electron chi connectivity index (χ2n) is 13.3. The number of anilines is 2. The smallest absolute Gasteiger partial charge is 0.0629 e. The van der Waals surface area contributed by atoms with Gasteiger partial charge in [-0.15, -0.1) is 0 Å². The number of rotatable bonds is 5. The molecule has 2 heteroatoms. The minimum Gasteiger partial charge on any atom is -0.333 e. The van der Waals surface area contributed by atoms with Crippen LogP contribution in [0.25, 0.3) is 60.9 Å². The molecule has 1 aliphatic heterocycles. The number of hydrogen-bond acceptors (Lipinski definition) is 1. The van der Waals surface area contributed by atoms with Crippen LogP contribution >= 0.6 is 0 Å². The zero-order valence-electron chi connectivity index (χ0n) is 27.5. The van der Waals surface area contributed by atoms with Crippen molar-refractivity contribution < 1.29 is 0 Å². The number of hydrogen-bond donors (Lipinski definition) is 0. The van der Waals surface area contributed by atoms with Gasteiger partial charge in [0.25, 0.3) is 0 Å². The van der Waals surface area contributed by atoms with Crippen molar-refractivity contribution in [2.24, 2.45) is 0 Å². The summed E-state index contributed by atoms with van der Waals surface area (Å²) in [6.07, 6.45) is 9.11. The maximum atomic E-state index is 2.54. The third-order valence-electron chi connectivity index (χ3n) is 10.5. The molecule has 10 rings (SSSR count). The Morgan fingerprint density at radius 2 is 0.980 bits per heavy atom. The molecular formula is C48H34N2. The van der Waals surface area contributed by atoms with Gasteiger partial charge in [-0.1, -0.05) is 152 Å². The molecule has 1 aliphatic carbocycles. The third kappa shape index (κ3) is 4.64. The van der Waals surface area contributed by atoms with Crippen LogP contribution in [0.3, 0.4) is 0 Å². The van der Waals surface area contributed by atoms with E-state index in [-0.39, 0.29) is 6.04 Å². The fraction of sp³-hybridized carbons (Fsp3) is 0.0417. The van der Waals surface area contributed by atoms with Gasteiger partial charge in [-0.3, -0.25) is 0 Å². The minimum absolute atomic E-state index is 0.236. The lowest BCUT2D eigenvalue weighted by Gasteiger charge is -2.29. The number of allylic oxidation sites excluding steroid dienone is 2. The van der Waals surface area contributed by atoms with Crippen molar-refractivity contribution in [2.45, 2.75) is 12.0 Å². The van der Waals surface area contributed by atoms with E-state index in [0.717, 1.165) is 5.69 Å². The number of aromatic nitrogens is 1. The van der Waals surface area contributed by atoms with E-state index >= 15 is 0 Å². The van der Waals surface area contributed by atoms with E-state index in [1.54, 1.807) is 0 Å². The quantitative estimate of drug-likeness (QED) is 0.182. The fourth-order valence-electron chi connectivity index (χ4n) is 8.14. The molecule has 0 amide bonds. The summed E-state index contributed by atoms with van der Waals surface area (Å²) in [5, 5.41) is 2.53. The lowest BCUT2D eigenvalue weighted by atomic mass is 9.90. The van der Waals surface area contributed by atoms with Gasteiger partial charge in [-0.2, -0.15) is 0 Å². The predicted molar refractivity (Wildman–Crippen MR) is 210 cm³/mol. The van der Waals surface area contributed by atoms with Crippen LogP contribution in [0.4, 0.5) is 11.4 Å².